The van der Waals surface area contributed by atoms with Crippen molar-refractivity contribution in [3.63, 3.8) is 0 Å². The van der Waals surface area contributed by atoms with Crippen molar-refractivity contribution in [1.82, 2.24) is 14.8 Å². The van der Waals surface area contributed by atoms with E-state index < -0.39 is 36.4 Å². The highest BCUT2D eigenvalue weighted by molar-refractivity contribution is 5.88. The van der Waals surface area contributed by atoms with Gasteiger partial charge >= 0.3 is 17.9 Å². The van der Waals surface area contributed by atoms with E-state index in [2.05, 4.69) is 52.9 Å². The fraction of sp³-hybridized carbons (Fsp3) is 0.586. The van der Waals surface area contributed by atoms with E-state index in [1.807, 2.05) is 0 Å². The van der Waals surface area contributed by atoms with E-state index in [-0.39, 0.29) is 5.91 Å². The zero-order valence-corrected chi connectivity index (χ0v) is 23.7. The Balaban J connectivity index is 0.000000302. The van der Waals surface area contributed by atoms with Gasteiger partial charge < -0.3 is 35.0 Å². The van der Waals surface area contributed by atoms with Gasteiger partial charge in [-0.1, -0.05) is 25.1 Å². The number of fused-ring (bicyclic) bond motifs is 1. The molecule has 2 aromatic rings. The molecule has 1 atom stereocenters. The molecule has 1 aliphatic heterocycles. The number of carboxylic acid groups (broad SMARTS) is 3. The Labute approximate surface area is 238 Å². The van der Waals surface area contributed by atoms with Crippen LogP contribution in [0.1, 0.15) is 63.1 Å². The van der Waals surface area contributed by atoms with Gasteiger partial charge in [0.1, 0.15) is 6.54 Å². The van der Waals surface area contributed by atoms with E-state index >= 15 is 0 Å². The number of likely N-dealkylation sites (tertiary alicyclic amines) is 1. The third kappa shape index (κ3) is 9.27. The molecule has 0 spiro atoms. The first-order valence-electron chi connectivity index (χ1n) is 14.0. The van der Waals surface area contributed by atoms with E-state index in [4.69, 9.17) is 25.2 Å². The number of aliphatic carboxylic acids is 3. The number of carboxylic acids is 3. The number of nitrogens with one attached hydrogen (secondary N) is 1. The lowest BCUT2D eigenvalue weighted by molar-refractivity contribution is -0.170. The molecule has 1 amide bonds. The van der Waals surface area contributed by atoms with Crippen LogP contribution in [0.4, 0.5) is 0 Å². The topological polar surface area (TPSA) is 179 Å². The SMILES string of the molecule is CCCOC1CCCN(Cc2c(C)n(CC(=O)NC3CC3)c3ccccc23)C1.O=C(O)CC(O)(CC(=O)O)C(=O)O. The molecule has 1 saturated heterocycles. The average Bonchev–Trinajstić information content (AvgIpc) is 3.68. The first kappa shape index (κ1) is 32.0. The summed E-state index contributed by atoms with van der Waals surface area (Å²) in [6, 6.07) is 8.91. The van der Waals surface area contributed by atoms with Gasteiger partial charge in [-0.25, -0.2) is 4.79 Å². The summed E-state index contributed by atoms with van der Waals surface area (Å²) in [5.74, 6) is -4.89. The fourth-order valence-electron chi connectivity index (χ4n) is 5.07. The number of amides is 1. The van der Waals surface area contributed by atoms with Crippen molar-refractivity contribution in [2.45, 2.75) is 89.6 Å². The van der Waals surface area contributed by atoms with Crippen molar-refractivity contribution >= 4 is 34.7 Å². The molecule has 1 saturated carbocycles. The molecule has 4 rings (SSSR count). The van der Waals surface area contributed by atoms with Gasteiger partial charge in [0.2, 0.25) is 5.91 Å². The molecule has 0 radical (unpaired) electrons. The molecule has 2 fully saturated rings. The molecule has 226 valence electrons. The largest absolute Gasteiger partial charge is 0.481 e. The normalized spacial score (nSPS) is 17.5. The van der Waals surface area contributed by atoms with Gasteiger partial charge in [0.05, 0.1) is 18.9 Å². The van der Waals surface area contributed by atoms with Crippen LogP contribution in [0.2, 0.25) is 0 Å². The van der Waals surface area contributed by atoms with E-state index in [1.54, 1.807) is 0 Å². The molecule has 1 aromatic heterocycles. The number of carbonyl (C=O) groups excluding carboxylic acids is 1. The smallest absolute Gasteiger partial charge is 0.336 e. The van der Waals surface area contributed by atoms with Gasteiger partial charge in [-0.3, -0.25) is 19.3 Å². The Hall–Kier alpha value is -3.48. The van der Waals surface area contributed by atoms with Crippen LogP contribution >= 0.6 is 0 Å². The summed E-state index contributed by atoms with van der Waals surface area (Å²) in [7, 11) is 0. The minimum Gasteiger partial charge on any atom is -0.481 e. The van der Waals surface area contributed by atoms with Crippen LogP contribution in [0.3, 0.4) is 0 Å². The summed E-state index contributed by atoms with van der Waals surface area (Å²) in [5.41, 5.74) is 0.990. The zero-order chi connectivity index (χ0) is 30.2. The van der Waals surface area contributed by atoms with Gasteiger partial charge in [-0.2, -0.15) is 0 Å². The summed E-state index contributed by atoms with van der Waals surface area (Å²) in [4.78, 5) is 45.4. The van der Waals surface area contributed by atoms with Crippen LogP contribution in [0.25, 0.3) is 10.9 Å². The van der Waals surface area contributed by atoms with Crippen molar-refractivity contribution in [1.29, 1.82) is 0 Å². The summed E-state index contributed by atoms with van der Waals surface area (Å²) in [6.45, 7) is 8.63. The molecular formula is C29H41N3O9. The maximum atomic E-state index is 12.4. The molecular weight excluding hydrogens is 534 g/mol. The zero-order valence-electron chi connectivity index (χ0n) is 23.7. The van der Waals surface area contributed by atoms with Gasteiger partial charge in [-0.05, 0) is 57.2 Å². The number of carbonyl (C=O) groups is 4. The lowest BCUT2D eigenvalue weighted by atomic mass is 9.96. The summed E-state index contributed by atoms with van der Waals surface area (Å²) < 4.78 is 8.21. The fourth-order valence-corrected chi connectivity index (χ4v) is 5.07. The van der Waals surface area contributed by atoms with Crippen LogP contribution in [0.5, 0.6) is 0 Å². The molecule has 1 aromatic carbocycles. The summed E-state index contributed by atoms with van der Waals surface area (Å²) in [6.07, 6.45) is 3.74. The van der Waals surface area contributed by atoms with Crippen LogP contribution in [-0.4, -0.2) is 91.2 Å². The molecule has 12 nitrogen and oxygen atoms in total. The molecule has 41 heavy (non-hydrogen) atoms. The first-order valence-corrected chi connectivity index (χ1v) is 14.0. The monoisotopic (exact) mass is 575 g/mol. The van der Waals surface area contributed by atoms with E-state index in [9.17, 15) is 19.2 Å². The van der Waals surface area contributed by atoms with E-state index in [0.29, 0.717) is 18.7 Å². The molecule has 1 aliphatic carbocycles. The second kappa shape index (κ2) is 14.4. The minimum absolute atomic E-state index is 0.129. The first-order chi connectivity index (χ1) is 19.4. The van der Waals surface area contributed by atoms with Crippen molar-refractivity contribution in [3.05, 3.63) is 35.5 Å². The lowest BCUT2D eigenvalue weighted by Crippen LogP contribution is -2.42. The number of aromatic nitrogens is 1. The number of ether oxygens (including phenoxy) is 1. The molecule has 1 unspecified atom stereocenters. The highest BCUT2D eigenvalue weighted by Gasteiger charge is 2.40. The number of hydrogen-bond acceptors (Lipinski definition) is 7. The van der Waals surface area contributed by atoms with E-state index in [0.717, 1.165) is 51.0 Å². The van der Waals surface area contributed by atoms with Crippen LogP contribution in [0.15, 0.2) is 24.3 Å². The Morgan fingerprint density at radius 2 is 1.71 bits per heavy atom. The number of benzene rings is 1. The molecule has 2 aliphatic rings. The number of piperidine rings is 1. The number of hydrogen-bond donors (Lipinski definition) is 5. The van der Waals surface area contributed by atoms with Crippen LogP contribution < -0.4 is 5.32 Å². The second-order valence-corrected chi connectivity index (χ2v) is 10.9. The maximum absolute atomic E-state index is 12.4. The van der Waals surface area contributed by atoms with E-state index in [1.165, 1.54) is 29.5 Å². The second-order valence-electron chi connectivity index (χ2n) is 10.9. The highest BCUT2D eigenvalue weighted by Crippen LogP contribution is 2.29. The third-order valence-corrected chi connectivity index (χ3v) is 7.29. The maximum Gasteiger partial charge on any atom is 0.336 e. The number of nitrogens with zero attached hydrogens (tertiary/aromatic N) is 2. The molecule has 12 heteroatoms. The standard InChI is InChI=1S/C23H33N3O2.C6H8O7/c1-3-13-28-19-7-6-12-25(14-19)15-21-17(2)26(16-23(27)24-18-10-11-18)22-9-5-4-8-20(21)22;7-3(8)1-6(13,5(11)12)2-4(9)10/h4-5,8-9,18-19H,3,6-7,10-16H2,1-2H3,(H,24,27);13H,1-2H2,(H,7,8)(H,9,10)(H,11,12). The number of aliphatic hydroxyl groups is 1. The minimum atomic E-state index is -2.74. The predicted molar refractivity (Wildman–Crippen MR) is 149 cm³/mol. The van der Waals surface area contributed by atoms with Crippen molar-refractivity contribution in [2.75, 3.05) is 19.7 Å². The quantitative estimate of drug-likeness (QED) is 0.238. The Morgan fingerprint density at radius 1 is 1.05 bits per heavy atom. The highest BCUT2D eigenvalue weighted by atomic mass is 16.5. The summed E-state index contributed by atoms with van der Waals surface area (Å²) in [5, 5.41) is 38.2. The Morgan fingerprint density at radius 3 is 2.29 bits per heavy atom. The van der Waals surface area contributed by atoms with Crippen molar-refractivity contribution in [3.8, 4) is 0 Å². The Bertz CT molecular complexity index is 1220. The third-order valence-electron chi connectivity index (χ3n) is 7.29. The van der Waals surface area contributed by atoms with Gasteiger partial charge in [0, 0.05) is 42.3 Å². The molecule has 2 heterocycles. The summed E-state index contributed by atoms with van der Waals surface area (Å²) >= 11 is 0. The van der Waals surface area contributed by atoms with Crippen molar-refractivity contribution in [2.24, 2.45) is 0 Å². The predicted octanol–water partition coefficient (Wildman–Crippen LogP) is 2.37. The van der Waals surface area contributed by atoms with Gasteiger partial charge in [-0.15, -0.1) is 0 Å². The van der Waals surface area contributed by atoms with Gasteiger partial charge in [0.25, 0.3) is 0 Å². The Kier molecular flexibility index (Phi) is 11.3. The van der Waals surface area contributed by atoms with Gasteiger partial charge in [0.15, 0.2) is 5.60 Å². The lowest BCUT2D eigenvalue weighted by Gasteiger charge is -2.32. The van der Waals surface area contributed by atoms with Crippen LogP contribution in [0, 0.1) is 6.92 Å². The van der Waals surface area contributed by atoms with Crippen molar-refractivity contribution < 1.29 is 44.3 Å². The number of rotatable bonds is 13. The number of para-hydroxylation sites is 1. The van der Waals surface area contributed by atoms with Crippen LogP contribution in [-0.2, 0) is 37.0 Å². The molecule has 0 bridgehead atoms. The average molecular weight is 576 g/mol. The molecule has 5 N–H and O–H groups in total.